The average molecular weight is 430 g/mol. The number of amides is 1. The van der Waals surface area contributed by atoms with Crippen molar-refractivity contribution in [3.8, 4) is 11.1 Å². The highest BCUT2D eigenvalue weighted by atomic mass is 19.1. The van der Waals surface area contributed by atoms with E-state index in [2.05, 4.69) is 19.1 Å². The second-order valence-corrected chi connectivity index (χ2v) is 8.88. The summed E-state index contributed by atoms with van der Waals surface area (Å²) in [5, 5.41) is 0. The molecule has 0 unspecified atom stereocenters. The van der Waals surface area contributed by atoms with Crippen LogP contribution < -0.4 is 0 Å². The lowest BCUT2D eigenvalue weighted by Crippen LogP contribution is -2.31. The zero-order valence-corrected chi connectivity index (χ0v) is 17.9. The Hall–Kier alpha value is -3.27. The van der Waals surface area contributed by atoms with Gasteiger partial charge in [0, 0.05) is 23.9 Å². The first kappa shape index (κ1) is 20.6. The summed E-state index contributed by atoms with van der Waals surface area (Å²) in [7, 11) is 0. The quantitative estimate of drug-likeness (QED) is 0.431. The van der Waals surface area contributed by atoms with Crippen LogP contribution >= 0.6 is 0 Å². The third-order valence-electron chi connectivity index (χ3n) is 6.85. The number of halogens is 2. The predicted molar refractivity (Wildman–Crippen MR) is 121 cm³/mol. The van der Waals surface area contributed by atoms with E-state index in [4.69, 9.17) is 0 Å². The predicted octanol–water partition coefficient (Wildman–Crippen LogP) is 6.54. The minimum atomic E-state index is -0.353. The molecular formula is C28H25F2NO. The van der Waals surface area contributed by atoms with Crippen LogP contribution in [0.4, 0.5) is 8.78 Å². The van der Waals surface area contributed by atoms with Gasteiger partial charge < -0.3 is 4.90 Å². The number of carbonyl (C=O) groups excluding carboxylic acids is 1. The Morgan fingerprint density at radius 2 is 1.66 bits per heavy atom. The summed E-state index contributed by atoms with van der Waals surface area (Å²) in [5.41, 5.74) is 3.01. The molecule has 162 valence electrons. The smallest absolute Gasteiger partial charge is 0.227 e. The Bertz CT molecular complexity index is 1160. The number of fused-ring (bicyclic) bond motifs is 1. The number of carbonyl (C=O) groups is 1. The molecule has 1 aliphatic heterocycles. The summed E-state index contributed by atoms with van der Waals surface area (Å²) < 4.78 is 28.8. The Kier molecular flexibility index (Phi) is 5.38. The highest BCUT2D eigenvalue weighted by Crippen LogP contribution is 2.49. The van der Waals surface area contributed by atoms with Crippen molar-refractivity contribution < 1.29 is 13.6 Å². The van der Waals surface area contributed by atoms with Crippen LogP contribution in [0.2, 0.25) is 0 Å². The first-order chi connectivity index (χ1) is 15.5. The summed E-state index contributed by atoms with van der Waals surface area (Å²) in [6.07, 6.45) is 5.10. The van der Waals surface area contributed by atoms with Crippen molar-refractivity contribution in [2.75, 3.05) is 0 Å². The standard InChI is InChI=1S/C28H25F2NO/c1-18-6-5-9-24-26(18)28(32)31(17-19-7-3-2-4-8-19)27(24)23-15-12-21(16-25(23)30)20-10-13-22(29)14-11-20/h2-5,7-16,18,24,26-27H,6,17H2,1H3/t18-,24+,26+,27-/m0/s1. The van der Waals surface area contributed by atoms with Crippen LogP contribution in [0.1, 0.15) is 30.5 Å². The minimum absolute atomic E-state index is 0.0545. The molecule has 2 aliphatic rings. The van der Waals surface area contributed by atoms with Gasteiger partial charge in [-0.2, -0.15) is 0 Å². The van der Waals surface area contributed by atoms with E-state index in [1.54, 1.807) is 18.2 Å². The number of hydrogen-bond acceptors (Lipinski definition) is 1. The first-order valence-electron chi connectivity index (χ1n) is 11.1. The Morgan fingerprint density at radius 3 is 2.38 bits per heavy atom. The molecule has 1 amide bonds. The maximum Gasteiger partial charge on any atom is 0.227 e. The Balaban J connectivity index is 1.55. The van der Waals surface area contributed by atoms with Gasteiger partial charge in [0.2, 0.25) is 5.91 Å². The molecule has 0 bridgehead atoms. The molecule has 1 fully saturated rings. The molecule has 5 rings (SSSR count). The molecule has 0 spiro atoms. The van der Waals surface area contributed by atoms with Crippen LogP contribution in [0.5, 0.6) is 0 Å². The fraction of sp³-hybridized carbons (Fsp3) is 0.250. The van der Waals surface area contributed by atoms with Crippen LogP contribution in [-0.2, 0) is 11.3 Å². The average Bonchev–Trinajstić information content (AvgIpc) is 3.07. The number of rotatable bonds is 4. The highest BCUT2D eigenvalue weighted by Gasteiger charge is 2.50. The van der Waals surface area contributed by atoms with Crippen molar-refractivity contribution in [3.05, 3.63) is 108 Å². The first-order valence-corrected chi connectivity index (χ1v) is 11.1. The van der Waals surface area contributed by atoms with Crippen molar-refractivity contribution in [1.82, 2.24) is 4.90 Å². The maximum atomic E-state index is 15.5. The molecule has 2 nitrogen and oxygen atoms in total. The SMILES string of the molecule is C[C@H]1CC=C[C@@H]2[C@@H]1C(=O)N(Cc1ccccc1)[C@H]2c1ccc(-c2ccc(F)cc2)cc1F. The summed E-state index contributed by atoms with van der Waals surface area (Å²) >= 11 is 0. The third kappa shape index (κ3) is 3.64. The minimum Gasteiger partial charge on any atom is -0.330 e. The van der Waals surface area contributed by atoms with Gasteiger partial charge >= 0.3 is 0 Å². The molecule has 4 atom stereocenters. The molecule has 32 heavy (non-hydrogen) atoms. The van der Waals surface area contributed by atoms with E-state index < -0.39 is 0 Å². The van der Waals surface area contributed by atoms with E-state index in [1.807, 2.05) is 41.3 Å². The zero-order valence-electron chi connectivity index (χ0n) is 17.9. The number of allylic oxidation sites excluding steroid dienone is 1. The van der Waals surface area contributed by atoms with Crippen molar-refractivity contribution >= 4 is 5.91 Å². The van der Waals surface area contributed by atoms with Gasteiger partial charge in [-0.05, 0) is 47.2 Å². The van der Waals surface area contributed by atoms with Crippen LogP contribution in [0.15, 0.2) is 84.9 Å². The van der Waals surface area contributed by atoms with Crippen molar-refractivity contribution in [3.63, 3.8) is 0 Å². The summed E-state index contributed by atoms with van der Waals surface area (Å²) in [6, 6.07) is 20.7. The van der Waals surface area contributed by atoms with Crippen LogP contribution in [0, 0.1) is 29.4 Å². The maximum absolute atomic E-state index is 15.5. The fourth-order valence-electron chi connectivity index (χ4n) is 5.26. The van der Waals surface area contributed by atoms with E-state index in [1.165, 1.54) is 18.2 Å². The van der Waals surface area contributed by atoms with E-state index in [9.17, 15) is 9.18 Å². The van der Waals surface area contributed by atoms with Gasteiger partial charge in [0.15, 0.2) is 0 Å². The van der Waals surface area contributed by atoms with Crippen LogP contribution in [0.3, 0.4) is 0 Å². The molecule has 0 radical (unpaired) electrons. The topological polar surface area (TPSA) is 20.3 Å². The summed E-state index contributed by atoms with van der Waals surface area (Å²) in [4.78, 5) is 15.4. The highest BCUT2D eigenvalue weighted by molar-refractivity contribution is 5.83. The fourth-order valence-corrected chi connectivity index (χ4v) is 5.26. The number of likely N-dealkylation sites (tertiary alicyclic amines) is 1. The monoisotopic (exact) mass is 429 g/mol. The van der Waals surface area contributed by atoms with E-state index >= 15 is 4.39 Å². The second kappa shape index (κ2) is 8.34. The van der Waals surface area contributed by atoms with Crippen molar-refractivity contribution in [2.45, 2.75) is 25.9 Å². The van der Waals surface area contributed by atoms with Gasteiger partial charge in [0.25, 0.3) is 0 Å². The van der Waals surface area contributed by atoms with Crippen molar-refractivity contribution in [2.24, 2.45) is 17.8 Å². The molecule has 3 aromatic rings. The molecule has 4 heteroatoms. The lowest BCUT2D eigenvalue weighted by atomic mass is 9.75. The molecular weight excluding hydrogens is 404 g/mol. The second-order valence-electron chi connectivity index (χ2n) is 8.88. The van der Waals surface area contributed by atoms with Crippen LogP contribution in [-0.4, -0.2) is 10.8 Å². The molecule has 1 heterocycles. The molecule has 0 N–H and O–H groups in total. The van der Waals surface area contributed by atoms with Crippen LogP contribution in [0.25, 0.3) is 11.1 Å². The normalized spacial score (nSPS) is 24.6. The molecule has 3 aromatic carbocycles. The van der Waals surface area contributed by atoms with Gasteiger partial charge in [0.1, 0.15) is 11.6 Å². The van der Waals surface area contributed by atoms with Crippen molar-refractivity contribution in [1.29, 1.82) is 0 Å². The number of hydrogen-bond donors (Lipinski definition) is 0. The van der Waals surface area contributed by atoms with E-state index in [0.29, 0.717) is 17.7 Å². The van der Waals surface area contributed by atoms with E-state index in [-0.39, 0.29) is 41.3 Å². The number of benzene rings is 3. The third-order valence-corrected chi connectivity index (χ3v) is 6.85. The number of nitrogens with zero attached hydrogens (tertiary/aromatic N) is 1. The summed E-state index contributed by atoms with van der Waals surface area (Å²) in [6.45, 7) is 2.56. The largest absolute Gasteiger partial charge is 0.330 e. The van der Waals surface area contributed by atoms with Gasteiger partial charge in [0.05, 0.1) is 6.04 Å². The lowest BCUT2D eigenvalue weighted by molar-refractivity contribution is -0.134. The van der Waals surface area contributed by atoms with Gasteiger partial charge in [-0.1, -0.05) is 73.7 Å². The van der Waals surface area contributed by atoms with Gasteiger partial charge in [-0.15, -0.1) is 0 Å². The Labute approximate surface area is 187 Å². The Morgan fingerprint density at radius 1 is 0.938 bits per heavy atom. The lowest BCUT2D eigenvalue weighted by Gasteiger charge is -2.30. The van der Waals surface area contributed by atoms with Gasteiger partial charge in [-0.25, -0.2) is 8.78 Å². The molecule has 0 aromatic heterocycles. The molecule has 1 aliphatic carbocycles. The molecule has 1 saturated heterocycles. The molecule has 0 saturated carbocycles. The van der Waals surface area contributed by atoms with E-state index in [0.717, 1.165) is 17.5 Å². The summed E-state index contributed by atoms with van der Waals surface area (Å²) in [5.74, 6) is -0.526. The van der Waals surface area contributed by atoms with Gasteiger partial charge in [-0.3, -0.25) is 4.79 Å². The zero-order chi connectivity index (χ0) is 22.2.